The van der Waals surface area contributed by atoms with E-state index in [1.807, 2.05) is 21.1 Å². The molecule has 138 valence electrons. The van der Waals surface area contributed by atoms with E-state index in [2.05, 4.69) is 6.92 Å². The van der Waals surface area contributed by atoms with Gasteiger partial charge in [0.05, 0.1) is 27.6 Å². The lowest BCUT2D eigenvalue weighted by atomic mass is 9.91. The van der Waals surface area contributed by atoms with Crippen LogP contribution < -0.4 is 0 Å². The van der Waals surface area contributed by atoms with Crippen molar-refractivity contribution in [3.8, 4) is 0 Å². The Bertz CT molecular complexity index is 312. The van der Waals surface area contributed by atoms with Gasteiger partial charge in [-0.25, -0.2) is 0 Å². The molecule has 0 rings (SSSR count). The minimum absolute atomic E-state index is 0.153. The van der Waals surface area contributed by atoms with Crippen LogP contribution in [0, 0.1) is 0 Å². The largest absolute Gasteiger partial charge is 0.481 e. The van der Waals surface area contributed by atoms with Crippen molar-refractivity contribution in [1.29, 1.82) is 0 Å². The second kappa shape index (κ2) is 11.9. The summed E-state index contributed by atoms with van der Waals surface area (Å²) in [4.78, 5) is 11.0. The molecule has 4 heteroatoms. The molecule has 0 fully saturated rings. The van der Waals surface area contributed by atoms with Gasteiger partial charge in [-0.05, 0) is 6.42 Å². The zero-order valence-electron chi connectivity index (χ0n) is 15.9. The minimum Gasteiger partial charge on any atom is -0.481 e. The minimum atomic E-state index is -1.08. The molecule has 0 aliphatic heterocycles. The highest BCUT2D eigenvalue weighted by Gasteiger charge is 2.35. The van der Waals surface area contributed by atoms with E-state index in [1.54, 1.807) is 0 Å². The van der Waals surface area contributed by atoms with E-state index in [0.29, 0.717) is 17.4 Å². The van der Waals surface area contributed by atoms with Crippen molar-refractivity contribution >= 4 is 5.97 Å². The molecule has 4 nitrogen and oxygen atoms in total. The van der Waals surface area contributed by atoms with Crippen molar-refractivity contribution in [3.63, 3.8) is 0 Å². The number of carboxylic acid groups (broad SMARTS) is 1. The Morgan fingerprint density at radius 3 is 1.70 bits per heavy atom. The van der Waals surface area contributed by atoms with Gasteiger partial charge in [0.25, 0.3) is 0 Å². The second-order valence-electron chi connectivity index (χ2n) is 8.18. The van der Waals surface area contributed by atoms with Gasteiger partial charge in [0.1, 0.15) is 12.1 Å². The molecule has 0 unspecified atom stereocenters. The molecule has 0 heterocycles. The summed E-state index contributed by atoms with van der Waals surface area (Å²) in [6.07, 6.45) is 12.9. The summed E-state index contributed by atoms with van der Waals surface area (Å²) in [6, 6.07) is 0. The van der Waals surface area contributed by atoms with Gasteiger partial charge in [0.2, 0.25) is 0 Å². The first kappa shape index (κ1) is 22.4. The Labute approximate surface area is 143 Å². The van der Waals surface area contributed by atoms with E-state index in [0.717, 1.165) is 12.8 Å². The summed E-state index contributed by atoms with van der Waals surface area (Å²) >= 11 is 0. The number of rotatable bonds is 15. The molecule has 0 aromatic heterocycles. The van der Waals surface area contributed by atoms with Gasteiger partial charge in [-0.1, -0.05) is 71.1 Å². The van der Waals surface area contributed by atoms with Crippen LogP contribution in [-0.2, 0) is 4.79 Å². The first-order chi connectivity index (χ1) is 10.7. The summed E-state index contributed by atoms with van der Waals surface area (Å²) in [5, 5.41) is 19.7. The molecule has 0 aliphatic carbocycles. The smallest absolute Gasteiger partial charge is 0.306 e. The topological polar surface area (TPSA) is 57.5 Å². The van der Waals surface area contributed by atoms with Crippen LogP contribution in [0.1, 0.15) is 84.0 Å². The van der Waals surface area contributed by atoms with E-state index in [-0.39, 0.29) is 6.42 Å². The normalized spacial score (nSPS) is 14.7. The lowest BCUT2D eigenvalue weighted by Crippen LogP contribution is -2.50. The van der Waals surface area contributed by atoms with Crippen LogP contribution in [-0.4, -0.2) is 54.0 Å². The number of carboxylic acids is 1. The molecule has 1 atom stereocenters. The third-order valence-corrected chi connectivity index (χ3v) is 4.24. The van der Waals surface area contributed by atoms with Crippen LogP contribution >= 0.6 is 0 Å². The van der Waals surface area contributed by atoms with Crippen molar-refractivity contribution in [2.24, 2.45) is 0 Å². The van der Waals surface area contributed by atoms with E-state index in [9.17, 15) is 9.90 Å². The van der Waals surface area contributed by atoms with Crippen molar-refractivity contribution in [2.75, 3.05) is 27.7 Å². The number of quaternary nitrogens is 1. The maximum Gasteiger partial charge on any atom is 0.306 e. The van der Waals surface area contributed by atoms with Gasteiger partial charge in [-0.3, -0.25) is 4.79 Å². The Morgan fingerprint density at radius 2 is 1.30 bits per heavy atom. The highest BCUT2D eigenvalue weighted by Crippen LogP contribution is 2.23. The first-order valence-electron chi connectivity index (χ1n) is 9.43. The fourth-order valence-corrected chi connectivity index (χ4v) is 3.33. The highest BCUT2D eigenvalue weighted by molar-refractivity contribution is 5.68. The fourth-order valence-electron chi connectivity index (χ4n) is 3.33. The van der Waals surface area contributed by atoms with Crippen LogP contribution in [0.2, 0.25) is 0 Å². The quantitative estimate of drug-likeness (QED) is 0.349. The number of aliphatic carboxylic acids is 1. The maximum absolute atomic E-state index is 11.0. The number of carbonyl (C=O) groups is 1. The molecule has 0 bridgehead atoms. The SMILES string of the molecule is CCCCCCCCCCCC[C@@](O)(CC(=O)O)C[N+](C)(C)C. The van der Waals surface area contributed by atoms with Gasteiger partial charge in [0.15, 0.2) is 0 Å². The third kappa shape index (κ3) is 14.7. The van der Waals surface area contributed by atoms with Crippen molar-refractivity contribution in [3.05, 3.63) is 0 Å². The standard InChI is InChI=1S/C19H39NO3/c1-5-6-7-8-9-10-11-12-13-14-15-19(23,16-18(21)22)17-20(2,3)4/h23H,5-17H2,1-4H3/p+1/t19-/m1/s1. The molecule has 0 spiro atoms. The molecule has 0 amide bonds. The Hall–Kier alpha value is -0.610. The van der Waals surface area contributed by atoms with Crippen molar-refractivity contribution < 1.29 is 19.5 Å². The predicted octanol–water partition coefficient (Wildman–Crippen LogP) is 4.21. The van der Waals surface area contributed by atoms with E-state index < -0.39 is 11.6 Å². The fraction of sp³-hybridized carbons (Fsp3) is 0.947. The summed E-state index contributed by atoms with van der Waals surface area (Å²) in [5.41, 5.74) is -1.08. The van der Waals surface area contributed by atoms with Gasteiger partial charge in [0, 0.05) is 0 Å². The summed E-state index contributed by atoms with van der Waals surface area (Å²) in [6.45, 7) is 2.72. The summed E-state index contributed by atoms with van der Waals surface area (Å²) in [7, 11) is 5.97. The molecular weight excluding hydrogens is 290 g/mol. The van der Waals surface area contributed by atoms with Crippen LogP contribution in [0.5, 0.6) is 0 Å². The molecule has 0 saturated heterocycles. The van der Waals surface area contributed by atoms with Gasteiger partial charge < -0.3 is 14.7 Å². The molecule has 2 N–H and O–H groups in total. The second-order valence-corrected chi connectivity index (χ2v) is 8.18. The molecular formula is C19H40NO3+. The monoisotopic (exact) mass is 330 g/mol. The van der Waals surface area contributed by atoms with Crippen LogP contribution in [0.4, 0.5) is 0 Å². The van der Waals surface area contributed by atoms with Crippen LogP contribution in [0.25, 0.3) is 0 Å². The molecule has 0 saturated carbocycles. The molecule has 23 heavy (non-hydrogen) atoms. The van der Waals surface area contributed by atoms with Crippen LogP contribution in [0.15, 0.2) is 0 Å². The number of unbranched alkanes of at least 4 members (excludes halogenated alkanes) is 9. The Morgan fingerprint density at radius 1 is 0.870 bits per heavy atom. The summed E-state index contributed by atoms with van der Waals surface area (Å²) in [5.74, 6) is -0.909. The zero-order valence-corrected chi connectivity index (χ0v) is 15.9. The Balaban J connectivity index is 3.85. The van der Waals surface area contributed by atoms with E-state index in [4.69, 9.17) is 5.11 Å². The Kier molecular flexibility index (Phi) is 11.5. The lowest BCUT2D eigenvalue weighted by molar-refractivity contribution is -0.877. The van der Waals surface area contributed by atoms with Crippen molar-refractivity contribution in [2.45, 2.75) is 89.6 Å². The molecule has 0 aromatic rings. The van der Waals surface area contributed by atoms with Gasteiger partial charge in [-0.2, -0.15) is 0 Å². The average Bonchev–Trinajstić information content (AvgIpc) is 2.37. The number of hydrogen-bond acceptors (Lipinski definition) is 2. The van der Waals surface area contributed by atoms with Gasteiger partial charge in [-0.15, -0.1) is 0 Å². The summed E-state index contributed by atoms with van der Waals surface area (Å²) < 4.78 is 0.585. The highest BCUT2D eigenvalue weighted by atomic mass is 16.4. The van der Waals surface area contributed by atoms with Crippen LogP contribution in [0.3, 0.4) is 0 Å². The first-order valence-corrected chi connectivity index (χ1v) is 9.43. The van der Waals surface area contributed by atoms with Crippen molar-refractivity contribution in [1.82, 2.24) is 0 Å². The van der Waals surface area contributed by atoms with Gasteiger partial charge >= 0.3 is 5.97 Å². The number of nitrogens with zero attached hydrogens (tertiary/aromatic N) is 1. The number of likely N-dealkylation sites (N-methyl/N-ethyl adjacent to an activating group) is 1. The average molecular weight is 331 g/mol. The van der Waals surface area contributed by atoms with E-state index >= 15 is 0 Å². The predicted molar refractivity (Wildman–Crippen MR) is 96.6 cm³/mol. The lowest BCUT2D eigenvalue weighted by Gasteiger charge is -2.34. The molecule has 0 aliphatic rings. The number of hydrogen-bond donors (Lipinski definition) is 2. The maximum atomic E-state index is 11.0. The zero-order chi connectivity index (χ0) is 17.8. The molecule has 0 radical (unpaired) electrons. The molecule has 0 aromatic carbocycles. The third-order valence-electron chi connectivity index (χ3n) is 4.24. The van der Waals surface area contributed by atoms with E-state index in [1.165, 1.54) is 51.4 Å². The number of aliphatic hydroxyl groups is 1.